The van der Waals surface area contributed by atoms with Crippen LogP contribution in [0.3, 0.4) is 0 Å². The van der Waals surface area contributed by atoms with Gasteiger partial charge in [0.05, 0.1) is 0 Å². The van der Waals surface area contributed by atoms with Crippen LogP contribution in [0.5, 0.6) is 0 Å². The highest BCUT2D eigenvalue weighted by atomic mass is 14.1. The van der Waals surface area contributed by atoms with Crippen LogP contribution in [0.2, 0.25) is 0 Å². The lowest BCUT2D eigenvalue weighted by atomic mass is 9.92. The zero-order chi connectivity index (χ0) is 17.1. The van der Waals surface area contributed by atoms with E-state index >= 15 is 0 Å². The molecule has 0 spiro atoms. The number of benzene rings is 3. The Kier molecular flexibility index (Phi) is 4.85. The molecule has 0 amide bonds. The van der Waals surface area contributed by atoms with Gasteiger partial charge in [0.25, 0.3) is 0 Å². The van der Waals surface area contributed by atoms with Gasteiger partial charge in [0.2, 0.25) is 0 Å². The van der Waals surface area contributed by atoms with E-state index in [0.29, 0.717) is 0 Å². The van der Waals surface area contributed by atoms with Crippen LogP contribution in [0.4, 0.5) is 0 Å². The highest BCUT2D eigenvalue weighted by Gasteiger charge is 2.07. The van der Waals surface area contributed by atoms with Gasteiger partial charge in [0.1, 0.15) is 0 Å². The number of aryl methyl sites for hydroxylation is 4. The number of hydrogen-bond donors (Lipinski definition) is 0. The number of rotatable bonds is 4. The van der Waals surface area contributed by atoms with Crippen molar-refractivity contribution >= 4 is 0 Å². The monoisotopic (exact) mass is 314 g/mol. The standard InChI is InChI=1S/C24H26/c1-17-5-9-21(10-6-17)14-23-16-24(20(4)13-19(23)3)15-22-11-7-18(2)8-12-22/h5-13,16H,14-15H2,1-4H3. The average Bonchev–Trinajstić information content (AvgIpc) is 2.56. The maximum atomic E-state index is 2.41. The van der Waals surface area contributed by atoms with Gasteiger partial charge in [-0.2, -0.15) is 0 Å². The third-order valence-corrected chi connectivity index (χ3v) is 4.82. The van der Waals surface area contributed by atoms with Crippen LogP contribution in [0.15, 0.2) is 60.7 Å². The topological polar surface area (TPSA) is 0 Å². The van der Waals surface area contributed by atoms with Crippen LogP contribution in [-0.4, -0.2) is 0 Å². The molecule has 3 aromatic carbocycles. The zero-order valence-electron chi connectivity index (χ0n) is 15.2. The summed E-state index contributed by atoms with van der Waals surface area (Å²) in [5.74, 6) is 0. The SMILES string of the molecule is Cc1ccc(Cc2cc(Cc3ccc(C)cc3)c(C)cc2C)cc1. The normalized spacial score (nSPS) is 10.8. The van der Waals surface area contributed by atoms with E-state index in [9.17, 15) is 0 Å². The largest absolute Gasteiger partial charge is 0.0590 e. The first-order valence-corrected chi connectivity index (χ1v) is 8.71. The smallest absolute Gasteiger partial charge is 0.00230 e. The molecule has 0 unspecified atom stereocenters. The summed E-state index contributed by atoms with van der Waals surface area (Å²) < 4.78 is 0. The van der Waals surface area contributed by atoms with Crippen LogP contribution in [0, 0.1) is 27.7 Å². The highest BCUT2D eigenvalue weighted by molar-refractivity contribution is 5.42. The Balaban J connectivity index is 1.87. The molecule has 0 N–H and O–H groups in total. The van der Waals surface area contributed by atoms with Gasteiger partial charge in [-0.05, 0) is 73.9 Å². The molecule has 0 saturated heterocycles. The molecule has 0 radical (unpaired) electrons. The summed E-state index contributed by atoms with van der Waals surface area (Å²) in [6.07, 6.45) is 2.01. The summed E-state index contributed by atoms with van der Waals surface area (Å²) >= 11 is 0. The Morgan fingerprint density at radius 1 is 0.500 bits per heavy atom. The fourth-order valence-electron chi connectivity index (χ4n) is 3.18. The van der Waals surface area contributed by atoms with Crippen molar-refractivity contribution in [3.8, 4) is 0 Å². The highest BCUT2D eigenvalue weighted by Crippen LogP contribution is 2.22. The molecule has 3 aromatic rings. The first kappa shape index (κ1) is 16.5. The Hall–Kier alpha value is -2.34. The minimum absolute atomic E-state index is 1.01. The summed E-state index contributed by atoms with van der Waals surface area (Å²) in [6, 6.07) is 22.5. The van der Waals surface area contributed by atoms with E-state index in [4.69, 9.17) is 0 Å². The van der Waals surface area contributed by atoms with Gasteiger partial charge in [0.15, 0.2) is 0 Å². The zero-order valence-corrected chi connectivity index (χ0v) is 15.2. The fourth-order valence-corrected chi connectivity index (χ4v) is 3.18. The summed E-state index contributed by atoms with van der Waals surface area (Å²) in [5, 5.41) is 0. The Bertz CT molecular complexity index is 752. The summed E-state index contributed by atoms with van der Waals surface area (Å²) in [5.41, 5.74) is 11.1. The first-order valence-electron chi connectivity index (χ1n) is 8.71. The lowest BCUT2D eigenvalue weighted by molar-refractivity contribution is 1.09. The summed E-state index contributed by atoms with van der Waals surface area (Å²) in [7, 11) is 0. The molecule has 24 heavy (non-hydrogen) atoms. The van der Waals surface area contributed by atoms with E-state index in [1.807, 2.05) is 0 Å². The molecule has 3 rings (SSSR count). The lowest BCUT2D eigenvalue weighted by Gasteiger charge is -2.13. The average molecular weight is 314 g/mol. The maximum absolute atomic E-state index is 2.41. The van der Waals surface area contributed by atoms with Gasteiger partial charge in [-0.3, -0.25) is 0 Å². The molecule has 0 aliphatic heterocycles. The fraction of sp³-hybridized carbons (Fsp3) is 0.250. The molecule has 0 aliphatic carbocycles. The predicted molar refractivity (Wildman–Crippen MR) is 104 cm³/mol. The van der Waals surface area contributed by atoms with Crippen LogP contribution < -0.4 is 0 Å². The summed E-state index contributed by atoms with van der Waals surface area (Å²) in [4.78, 5) is 0. The van der Waals surface area contributed by atoms with Gasteiger partial charge in [-0.25, -0.2) is 0 Å². The Labute approximate surface area is 146 Å². The molecule has 0 heterocycles. The third kappa shape index (κ3) is 3.94. The first-order chi connectivity index (χ1) is 11.5. The number of hydrogen-bond acceptors (Lipinski definition) is 0. The molecular weight excluding hydrogens is 288 g/mol. The molecule has 0 bridgehead atoms. The van der Waals surface area contributed by atoms with Gasteiger partial charge in [0, 0.05) is 0 Å². The van der Waals surface area contributed by atoms with Crippen molar-refractivity contribution in [3.05, 3.63) is 105 Å². The van der Waals surface area contributed by atoms with E-state index in [0.717, 1.165) is 12.8 Å². The van der Waals surface area contributed by atoms with Crippen molar-refractivity contribution in [2.45, 2.75) is 40.5 Å². The van der Waals surface area contributed by atoms with Gasteiger partial charge in [-0.1, -0.05) is 71.8 Å². The van der Waals surface area contributed by atoms with Crippen molar-refractivity contribution in [3.63, 3.8) is 0 Å². The maximum Gasteiger partial charge on any atom is -0.00230 e. The van der Waals surface area contributed by atoms with Crippen LogP contribution in [-0.2, 0) is 12.8 Å². The molecule has 0 atom stereocenters. The summed E-state index contributed by atoms with van der Waals surface area (Å²) in [6.45, 7) is 8.74. The second kappa shape index (κ2) is 7.05. The van der Waals surface area contributed by atoms with E-state index < -0.39 is 0 Å². The molecule has 0 heteroatoms. The van der Waals surface area contributed by atoms with Gasteiger partial charge in [-0.15, -0.1) is 0 Å². The van der Waals surface area contributed by atoms with Crippen molar-refractivity contribution < 1.29 is 0 Å². The minimum Gasteiger partial charge on any atom is -0.0590 e. The Morgan fingerprint density at radius 2 is 0.875 bits per heavy atom. The Morgan fingerprint density at radius 3 is 1.25 bits per heavy atom. The van der Waals surface area contributed by atoms with E-state index in [1.165, 1.54) is 44.5 Å². The predicted octanol–water partition coefficient (Wildman–Crippen LogP) is 6.10. The van der Waals surface area contributed by atoms with Crippen LogP contribution in [0.1, 0.15) is 44.5 Å². The van der Waals surface area contributed by atoms with E-state index in [-0.39, 0.29) is 0 Å². The molecule has 122 valence electrons. The quantitative estimate of drug-likeness (QED) is 0.545. The molecule has 0 nitrogen and oxygen atoms in total. The third-order valence-electron chi connectivity index (χ3n) is 4.82. The lowest BCUT2D eigenvalue weighted by Crippen LogP contribution is -1.99. The van der Waals surface area contributed by atoms with E-state index in [1.54, 1.807) is 0 Å². The second-order valence-corrected chi connectivity index (χ2v) is 7.03. The van der Waals surface area contributed by atoms with Crippen molar-refractivity contribution in [2.75, 3.05) is 0 Å². The molecular formula is C24H26. The molecule has 0 fully saturated rings. The minimum atomic E-state index is 1.01. The van der Waals surface area contributed by atoms with Crippen molar-refractivity contribution in [1.29, 1.82) is 0 Å². The molecule has 0 aliphatic rings. The van der Waals surface area contributed by atoms with Gasteiger partial charge >= 0.3 is 0 Å². The van der Waals surface area contributed by atoms with Crippen molar-refractivity contribution in [2.24, 2.45) is 0 Å². The van der Waals surface area contributed by atoms with Gasteiger partial charge < -0.3 is 0 Å². The van der Waals surface area contributed by atoms with Crippen molar-refractivity contribution in [1.82, 2.24) is 0 Å². The second-order valence-electron chi connectivity index (χ2n) is 7.03. The van der Waals surface area contributed by atoms with Crippen LogP contribution in [0.25, 0.3) is 0 Å². The van der Waals surface area contributed by atoms with E-state index in [2.05, 4.69) is 88.4 Å². The molecule has 0 saturated carbocycles. The molecule has 0 aromatic heterocycles. The van der Waals surface area contributed by atoms with Crippen LogP contribution >= 0.6 is 0 Å².